The number of rotatable bonds is 10. The molecule has 0 aromatic heterocycles. The summed E-state index contributed by atoms with van der Waals surface area (Å²) in [6.45, 7) is 0. The number of anilines is 6. The number of hydrogen-bond acceptors (Lipinski definition) is 2. The van der Waals surface area contributed by atoms with Gasteiger partial charge in [-0.3, -0.25) is 0 Å². The monoisotopic (exact) mass is 746 g/mol. The van der Waals surface area contributed by atoms with E-state index in [1.165, 1.54) is 70.4 Å². The van der Waals surface area contributed by atoms with Crippen LogP contribution >= 0.6 is 0 Å². The molecule has 8 aromatic rings. The van der Waals surface area contributed by atoms with E-state index in [1.807, 2.05) is 0 Å². The molecule has 0 amide bonds. The fourth-order valence-electron chi connectivity index (χ4n) is 10.9. The van der Waals surface area contributed by atoms with E-state index in [2.05, 4.69) is 222 Å². The molecule has 58 heavy (non-hydrogen) atoms. The summed E-state index contributed by atoms with van der Waals surface area (Å²) in [7, 11) is 0. The van der Waals surface area contributed by atoms with Crippen molar-refractivity contribution in [1.82, 2.24) is 0 Å². The quantitative estimate of drug-likeness (QED) is 0.137. The zero-order valence-electron chi connectivity index (χ0n) is 32.7. The van der Waals surface area contributed by atoms with Gasteiger partial charge in [0.05, 0.1) is 0 Å². The van der Waals surface area contributed by atoms with Gasteiger partial charge in [-0.2, -0.15) is 0 Å². The average Bonchev–Trinajstić information content (AvgIpc) is 4.07. The molecule has 2 atom stereocenters. The molecule has 2 heteroatoms. The van der Waals surface area contributed by atoms with E-state index in [0.29, 0.717) is 5.41 Å². The first-order valence-electron chi connectivity index (χ1n) is 21.0. The third-order valence-electron chi connectivity index (χ3n) is 13.6. The van der Waals surface area contributed by atoms with E-state index >= 15 is 0 Å². The Kier molecular flexibility index (Phi) is 8.58. The van der Waals surface area contributed by atoms with Gasteiger partial charge in [-0.05, 0) is 161 Å². The Morgan fingerprint density at radius 1 is 0.293 bits per heavy atom. The molecule has 2 unspecified atom stereocenters. The van der Waals surface area contributed by atoms with Crippen LogP contribution in [0.1, 0.15) is 31.2 Å². The Balaban J connectivity index is 0.887. The minimum atomic E-state index is 0.444. The highest BCUT2D eigenvalue weighted by molar-refractivity contribution is 5.82. The minimum Gasteiger partial charge on any atom is -0.311 e. The van der Waals surface area contributed by atoms with Gasteiger partial charge < -0.3 is 9.80 Å². The highest BCUT2D eigenvalue weighted by Crippen LogP contribution is 2.70. The highest BCUT2D eigenvalue weighted by Gasteiger charge is 2.63. The SMILES string of the molecule is c1ccc(-c2ccc(N(c3ccc(-c4ccccc4)cc3)c3ccc(-c4ccc(N(c5ccccc5)c5ccc(C67CC8CC6CC8C7)cc5)cc4)cc3)cc2)cc1. The lowest BCUT2D eigenvalue weighted by molar-refractivity contribution is 0.371. The molecule has 4 aliphatic rings. The van der Waals surface area contributed by atoms with Crippen molar-refractivity contribution in [1.29, 1.82) is 0 Å². The molecular formula is C56H46N2. The van der Waals surface area contributed by atoms with Crippen LogP contribution in [-0.2, 0) is 5.41 Å². The summed E-state index contributed by atoms with van der Waals surface area (Å²) in [5.41, 5.74) is 16.1. The maximum absolute atomic E-state index is 2.45. The van der Waals surface area contributed by atoms with Gasteiger partial charge in [0, 0.05) is 34.1 Å². The van der Waals surface area contributed by atoms with Crippen molar-refractivity contribution < 1.29 is 0 Å². The van der Waals surface area contributed by atoms with E-state index in [-0.39, 0.29) is 0 Å². The van der Waals surface area contributed by atoms with Crippen LogP contribution in [0.5, 0.6) is 0 Å². The van der Waals surface area contributed by atoms with Gasteiger partial charge in [0.15, 0.2) is 0 Å². The first-order chi connectivity index (χ1) is 28.7. The molecule has 0 spiro atoms. The molecule has 0 radical (unpaired) electrons. The summed E-state index contributed by atoms with van der Waals surface area (Å²) < 4.78 is 0. The summed E-state index contributed by atoms with van der Waals surface area (Å²) in [5.74, 6) is 2.87. The molecule has 0 aliphatic heterocycles. The van der Waals surface area contributed by atoms with E-state index in [4.69, 9.17) is 0 Å². The summed E-state index contributed by atoms with van der Waals surface area (Å²) in [5, 5.41) is 0. The molecule has 280 valence electrons. The summed E-state index contributed by atoms with van der Waals surface area (Å²) in [6, 6.07) is 77.4. The molecule has 4 bridgehead atoms. The predicted octanol–water partition coefficient (Wildman–Crippen LogP) is 15.3. The first kappa shape index (κ1) is 34.6. The normalized spacial score (nSPS) is 20.0. The lowest BCUT2D eigenvalue weighted by atomic mass is 9.75. The van der Waals surface area contributed by atoms with Crippen LogP contribution in [0.3, 0.4) is 0 Å². The van der Waals surface area contributed by atoms with Crippen molar-refractivity contribution in [2.75, 3.05) is 9.80 Å². The maximum atomic E-state index is 2.45. The molecule has 4 aliphatic carbocycles. The maximum Gasteiger partial charge on any atom is 0.0462 e. The third-order valence-corrected chi connectivity index (χ3v) is 13.6. The molecular weight excluding hydrogens is 701 g/mol. The van der Waals surface area contributed by atoms with Crippen molar-refractivity contribution in [3.63, 3.8) is 0 Å². The second kappa shape index (κ2) is 14.4. The molecule has 0 saturated heterocycles. The minimum absolute atomic E-state index is 0.444. The predicted molar refractivity (Wildman–Crippen MR) is 243 cm³/mol. The zero-order valence-corrected chi connectivity index (χ0v) is 32.7. The molecule has 2 nitrogen and oxygen atoms in total. The Hall–Kier alpha value is -6.64. The van der Waals surface area contributed by atoms with Crippen molar-refractivity contribution in [2.45, 2.75) is 31.1 Å². The Bertz CT molecular complexity index is 2540. The van der Waals surface area contributed by atoms with Gasteiger partial charge in [-0.15, -0.1) is 0 Å². The van der Waals surface area contributed by atoms with Gasteiger partial charge in [0.2, 0.25) is 0 Å². The van der Waals surface area contributed by atoms with Crippen LogP contribution in [0.4, 0.5) is 34.1 Å². The molecule has 4 fully saturated rings. The Morgan fingerprint density at radius 3 is 0.879 bits per heavy atom. The van der Waals surface area contributed by atoms with Crippen molar-refractivity contribution in [3.05, 3.63) is 218 Å². The smallest absolute Gasteiger partial charge is 0.0462 e. The average molecular weight is 747 g/mol. The number of para-hydroxylation sites is 1. The zero-order chi connectivity index (χ0) is 38.5. The Morgan fingerprint density at radius 2 is 0.569 bits per heavy atom. The number of nitrogens with zero attached hydrogens (tertiary/aromatic N) is 2. The first-order valence-corrected chi connectivity index (χ1v) is 21.0. The van der Waals surface area contributed by atoms with E-state index in [0.717, 1.165) is 40.5 Å². The summed E-state index contributed by atoms with van der Waals surface area (Å²) in [4.78, 5) is 4.74. The van der Waals surface area contributed by atoms with E-state index < -0.39 is 0 Å². The summed E-state index contributed by atoms with van der Waals surface area (Å²) in [6.07, 6.45) is 5.74. The number of hydrogen-bond donors (Lipinski definition) is 0. The topological polar surface area (TPSA) is 6.48 Å². The lowest BCUT2D eigenvalue weighted by Gasteiger charge is -2.31. The fourth-order valence-corrected chi connectivity index (χ4v) is 10.9. The van der Waals surface area contributed by atoms with Crippen molar-refractivity contribution in [3.8, 4) is 33.4 Å². The molecule has 0 heterocycles. The lowest BCUT2D eigenvalue weighted by Crippen LogP contribution is -2.24. The van der Waals surface area contributed by atoms with Crippen molar-refractivity contribution in [2.24, 2.45) is 17.8 Å². The van der Waals surface area contributed by atoms with Gasteiger partial charge >= 0.3 is 0 Å². The van der Waals surface area contributed by atoms with Crippen LogP contribution in [0.25, 0.3) is 33.4 Å². The van der Waals surface area contributed by atoms with Gasteiger partial charge in [-0.25, -0.2) is 0 Å². The fraction of sp³-hybridized carbons (Fsp3) is 0.143. The van der Waals surface area contributed by atoms with Crippen LogP contribution in [0.15, 0.2) is 212 Å². The van der Waals surface area contributed by atoms with Crippen molar-refractivity contribution >= 4 is 34.1 Å². The highest BCUT2D eigenvalue weighted by atomic mass is 15.1. The standard InChI is InChI=1S/C56H46N2/c1-4-10-40(11-5-1)42-16-26-52(27-17-42)58(53-28-18-43(19-29-53)41-12-6-2-7-13-41)54-32-22-45(23-33-54)44-20-30-51(31-21-44)57(50-14-8-3-9-15-50)55-34-24-48(25-35-55)56-38-46-36-49(56)37-47(46)39-56/h1-35,46-47,49H,36-39H2. The van der Waals surface area contributed by atoms with Crippen LogP contribution < -0.4 is 9.80 Å². The molecule has 12 rings (SSSR count). The second-order valence-corrected chi connectivity index (χ2v) is 16.7. The van der Waals surface area contributed by atoms with Crippen LogP contribution in [-0.4, -0.2) is 0 Å². The van der Waals surface area contributed by atoms with E-state index in [9.17, 15) is 0 Å². The Labute approximate surface area is 342 Å². The van der Waals surface area contributed by atoms with Gasteiger partial charge in [-0.1, -0.05) is 140 Å². The van der Waals surface area contributed by atoms with Gasteiger partial charge in [0.1, 0.15) is 0 Å². The summed E-state index contributed by atoms with van der Waals surface area (Å²) >= 11 is 0. The van der Waals surface area contributed by atoms with Crippen LogP contribution in [0, 0.1) is 17.8 Å². The molecule has 4 saturated carbocycles. The van der Waals surface area contributed by atoms with Crippen LogP contribution in [0.2, 0.25) is 0 Å². The van der Waals surface area contributed by atoms with E-state index in [1.54, 1.807) is 5.56 Å². The number of benzene rings is 8. The molecule has 0 N–H and O–H groups in total. The largest absolute Gasteiger partial charge is 0.311 e. The second-order valence-electron chi connectivity index (χ2n) is 16.7. The molecule has 8 aromatic carbocycles. The third kappa shape index (κ3) is 6.12. The van der Waals surface area contributed by atoms with Gasteiger partial charge in [0.25, 0.3) is 0 Å².